The summed E-state index contributed by atoms with van der Waals surface area (Å²) >= 11 is 0. The number of carbonyl (C=O) groups is 1. The van der Waals surface area contributed by atoms with Crippen LogP contribution in [-0.4, -0.2) is 22.1 Å². The van der Waals surface area contributed by atoms with Gasteiger partial charge in [-0.25, -0.2) is 4.98 Å². The molecule has 0 spiro atoms. The van der Waals surface area contributed by atoms with Crippen LogP contribution in [0.4, 0.5) is 0 Å². The highest BCUT2D eigenvalue weighted by Gasteiger charge is 2.09. The lowest BCUT2D eigenvalue weighted by Gasteiger charge is -2.12. The van der Waals surface area contributed by atoms with E-state index in [1.807, 2.05) is 30.3 Å². The topological polar surface area (TPSA) is 82.4 Å². The van der Waals surface area contributed by atoms with Crippen LogP contribution in [0, 0.1) is 0 Å². The molecule has 7 heteroatoms. The molecular formula is C23H25N3O4. The molecule has 3 aromatic rings. The minimum atomic E-state index is -0.155. The van der Waals surface area contributed by atoms with Crippen molar-refractivity contribution < 1.29 is 14.3 Å². The number of pyridine rings is 2. The first-order valence-corrected chi connectivity index (χ1v) is 9.92. The van der Waals surface area contributed by atoms with Crippen molar-refractivity contribution in [3.8, 4) is 17.4 Å². The molecule has 0 fully saturated rings. The summed E-state index contributed by atoms with van der Waals surface area (Å²) in [4.78, 5) is 28.2. The lowest BCUT2D eigenvalue weighted by atomic mass is 10.2. The quantitative estimate of drug-likeness (QED) is 0.556. The first-order valence-electron chi connectivity index (χ1n) is 9.92. The van der Waals surface area contributed by atoms with Gasteiger partial charge in [-0.3, -0.25) is 9.59 Å². The molecule has 0 radical (unpaired) electrons. The van der Waals surface area contributed by atoms with Crippen molar-refractivity contribution in [3.63, 3.8) is 0 Å². The Morgan fingerprint density at radius 1 is 1.07 bits per heavy atom. The number of rotatable bonds is 10. The average molecular weight is 407 g/mol. The maximum absolute atomic E-state index is 12.2. The minimum absolute atomic E-state index is 0.126. The first-order chi connectivity index (χ1) is 14.7. The Morgan fingerprint density at radius 2 is 1.87 bits per heavy atom. The van der Waals surface area contributed by atoms with Gasteiger partial charge in [-0.15, -0.1) is 0 Å². The van der Waals surface area contributed by atoms with Crippen LogP contribution in [0.15, 0.2) is 71.8 Å². The number of hydrogen-bond acceptors (Lipinski definition) is 5. The van der Waals surface area contributed by atoms with Crippen LogP contribution in [0.25, 0.3) is 0 Å². The van der Waals surface area contributed by atoms with Gasteiger partial charge in [0.1, 0.15) is 11.5 Å². The average Bonchev–Trinajstić information content (AvgIpc) is 2.77. The third kappa shape index (κ3) is 6.20. The van der Waals surface area contributed by atoms with E-state index in [-0.39, 0.29) is 24.4 Å². The summed E-state index contributed by atoms with van der Waals surface area (Å²) < 4.78 is 13.0. The minimum Gasteiger partial charge on any atom is -0.494 e. The lowest BCUT2D eigenvalue weighted by molar-refractivity contribution is -0.121. The van der Waals surface area contributed by atoms with Crippen LogP contribution >= 0.6 is 0 Å². The number of amides is 1. The third-order valence-corrected chi connectivity index (χ3v) is 4.32. The molecule has 1 N–H and O–H groups in total. The molecule has 0 aliphatic rings. The van der Waals surface area contributed by atoms with E-state index in [0.717, 1.165) is 17.7 Å². The molecule has 0 unspecified atom stereocenters. The summed E-state index contributed by atoms with van der Waals surface area (Å²) in [5.74, 6) is 1.70. The molecule has 0 atom stereocenters. The van der Waals surface area contributed by atoms with Crippen LogP contribution in [0.5, 0.6) is 17.4 Å². The van der Waals surface area contributed by atoms with Gasteiger partial charge in [0.15, 0.2) is 0 Å². The van der Waals surface area contributed by atoms with Crippen molar-refractivity contribution >= 4 is 5.91 Å². The van der Waals surface area contributed by atoms with Crippen molar-refractivity contribution in [3.05, 3.63) is 82.9 Å². The number of benzene rings is 1. The van der Waals surface area contributed by atoms with Crippen LogP contribution in [0.3, 0.4) is 0 Å². The van der Waals surface area contributed by atoms with Gasteiger partial charge in [0.05, 0.1) is 6.61 Å². The Labute approximate surface area is 175 Å². The van der Waals surface area contributed by atoms with Crippen LogP contribution < -0.4 is 20.3 Å². The highest BCUT2D eigenvalue weighted by Crippen LogP contribution is 2.25. The van der Waals surface area contributed by atoms with Gasteiger partial charge < -0.3 is 19.4 Å². The molecule has 30 heavy (non-hydrogen) atoms. The monoisotopic (exact) mass is 407 g/mol. The number of nitrogens with zero attached hydrogens (tertiary/aromatic N) is 2. The van der Waals surface area contributed by atoms with E-state index in [1.54, 1.807) is 30.6 Å². The number of nitrogens with one attached hydrogen (secondary N) is 1. The van der Waals surface area contributed by atoms with E-state index >= 15 is 0 Å². The highest BCUT2D eigenvalue weighted by molar-refractivity contribution is 5.75. The van der Waals surface area contributed by atoms with Gasteiger partial charge in [-0.05, 0) is 42.8 Å². The molecule has 2 heterocycles. The van der Waals surface area contributed by atoms with Gasteiger partial charge in [0, 0.05) is 43.5 Å². The standard InChI is InChI=1S/C23H25N3O4/c1-2-16-29-19-8-10-20(11-9-19)30-23-18(6-5-13-24-23)17-25-21(27)12-15-26-14-4-3-7-22(26)28/h3-11,13-14H,2,12,15-17H2,1H3,(H,25,27). The fourth-order valence-corrected chi connectivity index (χ4v) is 2.74. The van der Waals surface area contributed by atoms with Crippen LogP contribution in [0.2, 0.25) is 0 Å². The molecule has 0 bridgehead atoms. The molecule has 0 saturated carbocycles. The molecule has 0 aliphatic heterocycles. The second-order valence-electron chi connectivity index (χ2n) is 6.65. The zero-order chi connectivity index (χ0) is 21.2. The van der Waals surface area contributed by atoms with Gasteiger partial charge >= 0.3 is 0 Å². The Balaban J connectivity index is 1.55. The Hall–Kier alpha value is -3.61. The number of carbonyl (C=O) groups excluding carboxylic acids is 1. The highest BCUT2D eigenvalue weighted by atomic mass is 16.5. The maximum Gasteiger partial charge on any atom is 0.250 e. The molecule has 2 aromatic heterocycles. The van der Waals surface area contributed by atoms with Gasteiger partial charge in [-0.1, -0.05) is 19.1 Å². The SMILES string of the molecule is CCCOc1ccc(Oc2ncccc2CNC(=O)CCn2ccccc2=O)cc1. The van der Waals surface area contributed by atoms with E-state index in [2.05, 4.69) is 17.2 Å². The summed E-state index contributed by atoms with van der Waals surface area (Å²) in [6, 6.07) is 15.9. The summed E-state index contributed by atoms with van der Waals surface area (Å²) in [7, 11) is 0. The van der Waals surface area contributed by atoms with Crippen LogP contribution in [0.1, 0.15) is 25.3 Å². The fourth-order valence-electron chi connectivity index (χ4n) is 2.74. The summed E-state index contributed by atoms with van der Waals surface area (Å²) in [6.07, 6.45) is 4.46. The number of aromatic nitrogens is 2. The predicted molar refractivity (Wildman–Crippen MR) is 114 cm³/mol. The molecule has 7 nitrogen and oxygen atoms in total. The van der Waals surface area contributed by atoms with E-state index in [9.17, 15) is 9.59 Å². The second kappa shape index (κ2) is 10.8. The number of aryl methyl sites for hydroxylation is 1. The third-order valence-electron chi connectivity index (χ3n) is 4.32. The van der Waals surface area contributed by atoms with Gasteiger partial charge in [-0.2, -0.15) is 0 Å². The number of ether oxygens (including phenoxy) is 2. The molecule has 156 valence electrons. The summed E-state index contributed by atoms with van der Waals surface area (Å²) in [6.45, 7) is 3.33. The zero-order valence-corrected chi connectivity index (χ0v) is 16.9. The predicted octanol–water partition coefficient (Wildman–Crippen LogP) is 3.53. The Kier molecular flexibility index (Phi) is 7.60. The van der Waals surface area contributed by atoms with Crippen LogP contribution in [-0.2, 0) is 17.9 Å². The molecule has 0 saturated heterocycles. The van der Waals surface area contributed by atoms with Gasteiger partial charge in [0.2, 0.25) is 11.8 Å². The fraction of sp³-hybridized carbons (Fsp3) is 0.261. The number of hydrogen-bond donors (Lipinski definition) is 1. The van der Waals surface area contributed by atoms with E-state index in [4.69, 9.17) is 9.47 Å². The zero-order valence-electron chi connectivity index (χ0n) is 16.9. The molecule has 1 amide bonds. The second-order valence-corrected chi connectivity index (χ2v) is 6.65. The largest absolute Gasteiger partial charge is 0.494 e. The normalized spacial score (nSPS) is 10.4. The van der Waals surface area contributed by atoms with Crippen molar-refractivity contribution in [2.75, 3.05) is 6.61 Å². The van der Waals surface area contributed by atoms with Crippen molar-refractivity contribution in [1.82, 2.24) is 14.9 Å². The van der Waals surface area contributed by atoms with Crippen molar-refractivity contribution in [1.29, 1.82) is 0 Å². The Morgan fingerprint density at radius 3 is 2.63 bits per heavy atom. The molecule has 3 rings (SSSR count). The first kappa shape index (κ1) is 21.1. The molecule has 0 aliphatic carbocycles. The van der Waals surface area contributed by atoms with Gasteiger partial charge in [0.25, 0.3) is 5.56 Å². The van der Waals surface area contributed by atoms with Crippen molar-refractivity contribution in [2.24, 2.45) is 0 Å². The Bertz CT molecular complexity index is 1020. The van der Waals surface area contributed by atoms with E-state index in [0.29, 0.717) is 24.8 Å². The summed E-state index contributed by atoms with van der Waals surface area (Å²) in [5.41, 5.74) is 0.633. The summed E-state index contributed by atoms with van der Waals surface area (Å²) in [5, 5.41) is 2.85. The molecular weight excluding hydrogens is 382 g/mol. The lowest BCUT2D eigenvalue weighted by Crippen LogP contribution is -2.26. The maximum atomic E-state index is 12.2. The van der Waals surface area contributed by atoms with Crippen molar-refractivity contribution in [2.45, 2.75) is 32.9 Å². The smallest absolute Gasteiger partial charge is 0.250 e. The van der Waals surface area contributed by atoms with E-state index < -0.39 is 0 Å². The van der Waals surface area contributed by atoms with E-state index in [1.165, 1.54) is 10.6 Å². The molecule has 1 aromatic carbocycles.